The standard InChI is InChI=1S/C33H44N2O5S/c1-4-6-20-40-31(39)27-26-29(37)35(25(22-36)21-23-13-9-7-10-14-23)28(33(26)18-17-32(27,3)41-33)30(38)34(19-5-2)24-15-11-8-12-16-24/h4-5,7,9-10,13-14,24-28,36H,1-2,6,8,11-12,15-22H2,3H3/t25-,26+,27+,28?,32-,33?/m1/s1. The van der Waals surface area contributed by atoms with Gasteiger partial charge in [-0.25, -0.2) is 0 Å². The topological polar surface area (TPSA) is 87.1 Å². The Morgan fingerprint density at radius 3 is 2.56 bits per heavy atom. The van der Waals surface area contributed by atoms with Crippen molar-refractivity contribution in [3.05, 3.63) is 61.2 Å². The van der Waals surface area contributed by atoms with E-state index in [4.69, 9.17) is 4.74 Å². The fourth-order valence-electron chi connectivity index (χ4n) is 7.97. The molecule has 7 nitrogen and oxygen atoms in total. The smallest absolute Gasteiger partial charge is 0.311 e. The van der Waals surface area contributed by atoms with Gasteiger partial charge in [-0.3, -0.25) is 14.4 Å². The molecule has 3 heterocycles. The van der Waals surface area contributed by atoms with Crippen LogP contribution >= 0.6 is 11.8 Å². The third-order valence-corrected chi connectivity index (χ3v) is 11.8. The normalized spacial score (nSPS) is 31.5. The van der Waals surface area contributed by atoms with Gasteiger partial charge in [0.05, 0.1) is 35.8 Å². The van der Waals surface area contributed by atoms with Crippen LogP contribution < -0.4 is 0 Å². The second kappa shape index (κ2) is 12.3. The summed E-state index contributed by atoms with van der Waals surface area (Å²) in [5, 5.41) is 10.7. The van der Waals surface area contributed by atoms with Crippen molar-refractivity contribution in [3.63, 3.8) is 0 Å². The quantitative estimate of drug-likeness (QED) is 0.222. The number of hydrogen-bond donors (Lipinski definition) is 1. The molecule has 3 aliphatic heterocycles. The Labute approximate surface area is 248 Å². The number of amides is 2. The lowest BCUT2D eigenvalue weighted by Gasteiger charge is -2.42. The van der Waals surface area contributed by atoms with Crippen molar-refractivity contribution in [1.82, 2.24) is 9.80 Å². The Hall–Kier alpha value is -2.58. The maximum atomic E-state index is 14.8. The van der Waals surface area contributed by atoms with Crippen LogP contribution in [0.15, 0.2) is 55.6 Å². The van der Waals surface area contributed by atoms with E-state index in [0.717, 1.165) is 37.7 Å². The van der Waals surface area contributed by atoms with E-state index < -0.39 is 33.4 Å². The second-order valence-corrected chi connectivity index (χ2v) is 14.2. The summed E-state index contributed by atoms with van der Waals surface area (Å²) >= 11 is 1.65. The third kappa shape index (κ3) is 5.27. The molecule has 0 aromatic heterocycles. The molecule has 5 rings (SSSR count). The molecule has 8 heteroatoms. The van der Waals surface area contributed by atoms with Crippen LogP contribution in [0, 0.1) is 11.8 Å². The minimum absolute atomic E-state index is 0.0726. The molecule has 222 valence electrons. The molecule has 0 radical (unpaired) electrons. The number of ether oxygens (including phenoxy) is 1. The van der Waals surface area contributed by atoms with Gasteiger partial charge in [0.15, 0.2) is 0 Å². The highest BCUT2D eigenvalue weighted by Gasteiger charge is 2.78. The van der Waals surface area contributed by atoms with Gasteiger partial charge in [-0.15, -0.1) is 24.9 Å². The molecule has 1 spiro atoms. The van der Waals surface area contributed by atoms with Gasteiger partial charge >= 0.3 is 5.97 Å². The van der Waals surface area contributed by atoms with Gasteiger partial charge in [-0.05, 0) is 51.0 Å². The van der Waals surface area contributed by atoms with Gasteiger partial charge in [0.2, 0.25) is 11.8 Å². The molecule has 3 saturated heterocycles. The van der Waals surface area contributed by atoms with E-state index in [-0.39, 0.29) is 37.0 Å². The number of aliphatic hydroxyl groups is 1. The molecule has 41 heavy (non-hydrogen) atoms. The van der Waals surface area contributed by atoms with Gasteiger partial charge in [-0.2, -0.15) is 0 Å². The molecular weight excluding hydrogens is 536 g/mol. The van der Waals surface area contributed by atoms with Crippen LogP contribution in [0.1, 0.15) is 63.9 Å². The third-order valence-electron chi connectivity index (χ3n) is 9.81. The number of hydrogen-bond acceptors (Lipinski definition) is 6. The first-order valence-corrected chi connectivity index (χ1v) is 16.0. The lowest BCUT2D eigenvalue weighted by atomic mass is 9.66. The fraction of sp³-hybridized carbons (Fsp3) is 0.606. The Kier molecular flexibility index (Phi) is 9.00. The highest BCUT2D eigenvalue weighted by molar-refractivity contribution is 8.02. The average Bonchev–Trinajstić information content (AvgIpc) is 3.56. The number of carbonyl (C=O) groups excluding carboxylic acids is 3. The molecule has 2 amide bonds. The summed E-state index contributed by atoms with van der Waals surface area (Å²) in [5.41, 5.74) is 0.986. The lowest BCUT2D eigenvalue weighted by molar-refractivity contribution is -0.156. The predicted molar refractivity (Wildman–Crippen MR) is 161 cm³/mol. The summed E-state index contributed by atoms with van der Waals surface area (Å²) in [4.78, 5) is 46.7. The molecule has 1 N–H and O–H groups in total. The first-order valence-electron chi connectivity index (χ1n) is 15.2. The molecular formula is C33H44N2O5S. The molecule has 2 unspecified atom stereocenters. The number of nitrogens with zero attached hydrogens (tertiary/aromatic N) is 2. The van der Waals surface area contributed by atoms with Crippen molar-refractivity contribution in [2.75, 3.05) is 19.8 Å². The number of thioether (sulfide) groups is 1. The SMILES string of the molecule is C=CCCOC(=O)[C@@H]1[C@H]2C(=O)N([C@@H](CO)Cc3ccccc3)C(C(=O)N(CC=C)C3CCCCC3)C23CC[C@@]1(C)S3. The van der Waals surface area contributed by atoms with Crippen LogP contribution in [0.3, 0.4) is 0 Å². The second-order valence-electron chi connectivity index (χ2n) is 12.3. The largest absolute Gasteiger partial charge is 0.465 e. The number of aliphatic hydroxyl groups excluding tert-OH is 1. The summed E-state index contributed by atoms with van der Waals surface area (Å²) in [5.74, 6) is -1.96. The number of carbonyl (C=O) groups is 3. The zero-order valence-electron chi connectivity index (χ0n) is 24.2. The molecule has 4 fully saturated rings. The van der Waals surface area contributed by atoms with Crippen LogP contribution in [0.25, 0.3) is 0 Å². The van der Waals surface area contributed by atoms with Crippen molar-refractivity contribution in [2.24, 2.45) is 11.8 Å². The summed E-state index contributed by atoms with van der Waals surface area (Å²) < 4.78 is 4.45. The number of likely N-dealkylation sites (tertiary alicyclic amines) is 1. The van der Waals surface area contributed by atoms with Crippen molar-refractivity contribution in [1.29, 1.82) is 0 Å². The zero-order valence-corrected chi connectivity index (χ0v) is 25.0. The molecule has 4 aliphatic rings. The molecule has 1 saturated carbocycles. The van der Waals surface area contributed by atoms with Crippen LogP contribution in [0.4, 0.5) is 0 Å². The van der Waals surface area contributed by atoms with E-state index in [0.29, 0.717) is 25.8 Å². The number of benzene rings is 1. The zero-order chi connectivity index (χ0) is 29.2. The molecule has 1 aromatic rings. The van der Waals surface area contributed by atoms with E-state index in [2.05, 4.69) is 20.1 Å². The first-order chi connectivity index (χ1) is 19.8. The van der Waals surface area contributed by atoms with Gasteiger partial charge in [-0.1, -0.05) is 61.7 Å². The maximum Gasteiger partial charge on any atom is 0.311 e. The summed E-state index contributed by atoms with van der Waals surface area (Å²) in [6.45, 7) is 10.1. The molecule has 1 aliphatic carbocycles. The van der Waals surface area contributed by atoms with Crippen molar-refractivity contribution >= 4 is 29.5 Å². The average molecular weight is 581 g/mol. The minimum Gasteiger partial charge on any atom is -0.465 e. The van der Waals surface area contributed by atoms with E-state index >= 15 is 0 Å². The molecule has 2 bridgehead atoms. The van der Waals surface area contributed by atoms with E-state index in [1.54, 1.807) is 28.8 Å². The Bertz CT molecular complexity index is 1150. The van der Waals surface area contributed by atoms with E-state index in [9.17, 15) is 19.5 Å². The Morgan fingerprint density at radius 2 is 1.90 bits per heavy atom. The fourth-order valence-corrected chi connectivity index (χ4v) is 10.3. The Morgan fingerprint density at radius 1 is 1.17 bits per heavy atom. The maximum absolute atomic E-state index is 14.8. The van der Waals surface area contributed by atoms with Gasteiger partial charge in [0, 0.05) is 17.3 Å². The predicted octanol–water partition coefficient (Wildman–Crippen LogP) is 4.54. The van der Waals surface area contributed by atoms with Crippen LogP contribution in [0.5, 0.6) is 0 Å². The van der Waals surface area contributed by atoms with Crippen LogP contribution in [-0.2, 0) is 25.5 Å². The highest BCUT2D eigenvalue weighted by atomic mass is 32.2. The monoisotopic (exact) mass is 580 g/mol. The van der Waals surface area contributed by atoms with Crippen molar-refractivity contribution in [3.8, 4) is 0 Å². The summed E-state index contributed by atoms with van der Waals surface area (Å²) in [6, 6.07) is 8.52. The van der Waals surface area contributed by atoms with E-state index in [1.165, 1.54) is 6.42 Å². The van der Waals surface area contributed by atoms with Crippen LogP contribution in [0.2, 0.25) is 0 Å². The number of rotatable bonds is 12. The summed E-state index contributed by atoms with van der Waals surface area (Å²) in [7, 11) is 0. The number of esters is 1. The summed E-state index contributed by atoms with van der Waals surface area (Å²) in [6.07, 6.45) is 11.0. The molecule has 1 aromatic carbocycles. The van der Waals surface area contributed by atoms with Crippen LogP contribution in [-0.4, -0.2) is 80.1 Å². The first kappa shape index (κ1) is 29.9. The highest BCUT2D eigenvalue weighted by Crippen LogP contribution is 2.72. The van der Waals surface area contributed by atoms with Gasteiger partial charge in [0.1, 0.15) is 6.04 Å². The van der Waals surface area contributed by atoms with Gasteiger partial charge < -0.3 is 19.6 Å². The van der Waals surface area contributed by atoms with Crippen molar-refractivity contribution in [2.45, 2.75) is 92.3 Å². The van der Waals surface area contributed by atoms with Crippen molar-refractivity contribution < 1.29 is 24.2 Å². The minimum atomic E-state index is -0.763. The Balaban J connectivity index is 1.56. The number of fused-ring (bicyclic) bond motifs is 1. The van der Waals surface area contributed by atoms with E-state index in [1.807, 2.05) is 35.2 Å². The lowest BCUT2D eigenvalue weighted by Crippen LogP contribution is -2.59. The van der Waals surface area contributed by atoms with Gasteiger partial charge in [0.25, 0.3) is 0 Å². The molecule has 6 atom stereocenters.